The summed E-state index contributed by atoms with van der Waals surface area (Å²) in [6, 6.07) is 6.87. The zero-order valence-corrected chi connectivity index (χ0v) is 10.9. The first-order valence-electron chi connectivity index (χ1n) is 5.34. The average molecular weight is 294 g/mol. The molecule has 0 fully saturated rings. The molecule has 19 heavy (non-hydrogen) atoms. The monoisotopic (exact) mass is 294 g/mol. The molecular formula is C12H13F3O3S. The molecule has 0 spiro atoms. The van der Waals surface area contributed by atoms with E-state index in [9.17, 15) is 18.0 Å². The number of methoxy groups -OCH3 is 1. The Morgan fingerprint density at radius 1 is 1.37 bits per heavy atom. The maximum atomic E-state index is 12.4. The minimum atomic E-state index is -4.71. The minimum Gasteiger partial charge on any atom is -0.497 e. The molecule has 0 saturated carbocycles. The molecule has 1 unspecified atom stereocenters. The van der Waals surface area contributed by atoms with Gasteiger partial charge in [0.05, 0.1) is 7.11 Å². The summed E-state index contributed by atoms with van der Waals surface area (Å²) < 4.78 is 42.1. The van der Waals surface area contributed by atoms with Gasteiger partial charge >= 0.3 is 12.1 Å². The smallest absolute Gasteiger partial charge is 0.403 e. The lowest BCUT2D eigenvalue weighted by atomic mass is 10.2. The van der Waals surface area contributed by atoms with Crippen LogP contribution in [0, 0.1) is 5.92 Å². The molecule has 0 aliphatic rings. The number of carbonyl (C=O) groups is 1. The van der Waals surface area contributed by atoms with E-state index in [-0.39, 0.29) is 0 Å². The summed E-state index contributed by atoms with van der Waals surface area (Å²) in [7, 11) is 1.52. The van der Waals surface area contributed by atoms with Crippen molar-refractivity contribution in [2.45, 2.75) is 11.9 Å². The van der Waals surface area contributed by atoms with Gasteiger partial charge in [-0.1, -0.05) is 12.1 Å². The largest absolute Gasteiger partial charge is 0.497 e. The Hall–Kier alpha value is -1.37. The van der Waals surface area contributed by atoms with Crippen molar-refractivity contribution in [2.75, 3.05) is 12.9 Å². The SMILES string of the molecule is COc1ccc(CSCC(C(=O)O)C(F)(F)F)cc1. The van der Waals surface area contributed by atoms with Gasteiger partial charge in [-0.25, -0.2) is 0 Å². The zero-order chi connectivity index (χ0) is 14.5. The van der Waals surface area contributed by atoms with Crippen LogP contribution in [0.15, 0.2) is 24.3 Å². The molecule has 0 bridgehead atoms. The van der Waals surface area contributed by atoms with Crippen molar-refractivity contribution in [2.24, 2.45) is 5.92 Å². The molecule has 1 aromatic carbocycles. The Kier molecular flexibility index (Phi) is 5.53. The summed E-state index contributed by atoms with van der Waals surface area (Å²) in [4.78, 5) is 10.5. The van der Waals surface area contributed by atoms with Gasteiger partial charge in [0.1, 0.15) is 5.75 Å². The number of hydrogen-bond acceptors (Lipinski definition) is 3. The summed E-state index contributed by atoms with van der Waals surface area (Å²) in [6.45, 7) is 0. The number of rotatable bonds is 6. The number of alkyl halides is 3. The fraction of sp³-hybridized carbons (Fsp3) is 0.417. The summed E-state index contributed by atoms with van der Waals surface area (Å²) in [6.07, 6.45) is -4.71. The van der Waals surface area contributed by atoms with Crippen molar-refractivity contribution in [3.05, 3.63) is 29.8 Å². The topological polar surface area (TPSA) is 46.5 Å². The van der Waals surface area contributed by atoms with Crippen molar-refractivity contribution in [3.63, 3.8) is 0 Å². The van der Waals surface area contributed by atoms with E-state index in [0.29, 0.717) is 11.5 Å². The molecular weight excluding hydrogens is 281 g/mol. The average Bonchev–Trinajstić information content (AvgIpc) is 2.33. The third kappa shape index (κ3) is 5.02. The van der Waals surface area contributed by atoms with Crippen LogP contribution in [0.4, 0.5) is 13.2 Å². The number of ether oxygens (including phenoxy) is 1. The van der Waals surface area contributed by atoms with Gasteiger partial charge in [0, 0.05) is 11.5 Å². The van der Waals surface area contributed by atoms with Crippen LogP contribution in [0.1, 0.15) is 5.56 Å². The van der Waals surface area contributed by atoms with E-state index in [4.69, 9.17) is 9.84 Å². The molecule has 106 valence electrons. The summed E-state index contributed by atoms with van der Waals surface area (Å²) in [5.74, 6) is -3.67. The molecule has 1 aromatic rings. The first-order valence-corrected chi connectivity index (χ1v) is 6.50. The zero-order valence-electron chi connectivity index (χ0n) is 10.1. The molecule has 1 N–H and O–H groups in total. The highest BCUT2D eigenvalue weighted by Gasteiger charge is 2.44. The van der Waals surface area contributed by atoms with Gasteiger partial charge in [-0.15, -0.1) is 0 Å². The predicted octanol–water partition coefficient (Wildman–Crippen LogP) is 3.19. The third-order valence-corrected chi connectivity index (χ3v) is 3.51. The number of halogens is 3. The number of carboxylic acid groups (broad SMARTS) is 1. The van der Waals surface area contributed by atoms with Crippen LogP contribution in [0.2, 0.25) is 0 Å². The van der Waals surface area contributed by atoms with Gasteiger partial charge in [0.25, 0.3) is 0 Å². The fourth-order valence-corrected chi connectivity index (χ4v) is 2.44. The molecule has 1 atom stereocenters. The fourth-order valence-electron chi connectivity index (χ4n) is 1.32. The van der Waals surface area contributed by atoms with E-state index >= 15 is 0 Å². The molecule has 0 aromatic heterocycles. The van der Waals surface area contributed by atoms with Crippen molar-refractivity contribution < 1.29 is 27.8 Å². The highest BCUT2D eigenvalue weighted by Crippen LogP contribution is 2.30. The van der Waals surface area contributed by atoms with E-state index in [0.717, 1.165) is 17.3 Å². The quantitative estimate of drug-likeness (QED) is 0.875. The van der Waals surface area contributed by atoms with Crippen molar-refractivity contribution in [1.82, 2.24) is 0 Å². The lowest BCUT2D eigenvalue weighted by Crippen LogP contribution is -2.32. The van der Waals surface area contributed by atoms with Crippen LogP contribution in [-0.2, 0) is 10.5 Å². The Labute approximate surface area is 112 Å². The van der Waals surface area contributed by atoms with Gasteiger partial charge < -0.3 is 9.84 Å². The second-order valence-corrected chi connectivity index (χ2v) is 4.83. The van der Waals surface area contributed by atoms with Gasteiger partial charge in [0.15, 0.2) is 5.92 Å². The van der Waals surface area contributed by atoms with E-state index in [1.54, 1.807) is 24.3 Å². The molecule has 3 nitrogen and oxygen atoms in total. The second-order valence-electron chi connectivity index (χ2n) is 3.80. The van der Waals surface area contributed by atoms with Crippen molar-refractivity contribution in [3.8, 4) is 5.75 Å². The van der Waals surface area contributed by atoms with Crippen molar-refractivity contribution in [1.29, 1.82) is 0 Å². The van der Waals surface area contributed by atoms with Crippen LogP contribution in [-0.4, -0.2) is 30.1 Å². The van der Waals surface area contributed by atoms with Gasteiger partial charge in [-0.3, -0.25) is 4.79 Å². The normalized spacial score (nSPS) is 13.1. The van der Waals surface area contributed by atoms with Crippen LogP contribution >= 0.6 is 11.8 Å². The Bertz CT molecular complexity index is 417. The number of thioether (sulfide) groups is 1. The Morgan fingerprint density at radius 2 is 1.95 bits per heavy atom. The molecule has 0 amide bonds. The summed E-state index contributed by atoms with van der Waals surface area (Å²) in [5, 5.41) is 8.52. The maximum Gasteiger partial charge on any atom is 0.403 e. The first-order chi connectivity index (χ1) is 8.84. The standard InChI is InChI=1S/C12H13F3O3S/c1-18-9-4-2-8(3-5-9)6-19-7-10(11(16)17)12(13,14)15/h2-5,10H,6-7H2,1H3,(H,16,17). The second kappa shape index (κ2) is 6.70. The Balaban J connectivity index is 2.50. The van der Waals surface area contributed by atoms with Gasteiger partial charge in [-0.2, -0.15) is 24.9 Å². The molecule has 7 heteroatoms. The lowest BCUT2D eigenvalue weighted by Gasteiger charge is -2.15. The molecule has 0 radical (unpaired) electrons. The predicted molar refractivity (Wildman–Crippen MR) is 66.3 cm³/mol. The molecule has 0 aliphatic heterocycles. The Morgan fingerprint density at radius 3 is 2.37 bits per heavy atom. The molecule has 0 aliphatic carbocycles. The number of hydrogen-bond donors (Lipinski definition) is 1. The number of carboxylic acids is 1. The summed E-state index contributed by atoms with van der Waals surface area (Å²) >= 11 is 0.941. The van der Waals surface area contributed by atoms with Crippen LogP contribution in [0.25, 0.3) is 0 Å². The number of benzene rings is 1. The van der Waals surface area contributed by atoms with E-state index in [2.05, 4.69) is 0 Å². The van der Waals surface area contributed by atoms with Crippen LogP contribution in [0.5, 0.6) is 5.75 Å². The summed E-state index contributed by atoms with van der Waals surface area (Å²) in [5.41, 5.74) is 0.817. The van der Waals surface area contributed by atoms with E-state index in [1.807, 2.05) is 0 Å². The maximum absolute atomic E-state index is 12.4. The third-order valence-electron chi connectivity index (χ3n) is 2.41. The molecule has 1 rings (SSSR count). The number of aliphatic carboxylic acids is 1. The molecule has 0 saturated heterocycles. The van der Waals surface area contributed by atoms with Crippen LogP contribution in [0.3, 0.4) is 0 Å². The van der Waals surface area contributed by atoms with Crippen molar-refractivity contribution >= 4 is 17.7 Å². The first kappa shape index (κ1) is 15.7. The lowest BCUT2D eigenvalue weighted by molar-refractivity contribution is -0.188. The van der Waals surface area contributed by atoms with E-state index in [1.165, 1.54) is 7.11 Å². The highest BCUT2D eigenvalue weighted by atomic mass is 32.2. The van der Waals surface area contributed by atoms with Gasteiger partial charge in [-0.05, 0) is 17.7 Å². The van der Waals surface area contributed by atoms with E-state index < -0.39 is 23.8 Å². The minimum absolute atomic E-state index is 0.323. The molecule has 0 heterocycles. The van der Waals surface area contributed by atoms with Gasteiger partial charge in [0.2, 0.25) is 0 Å². The van der Waals surface area contributed by atoms with Crippen LogP contribution < -0.4 is 4.74 Å². The highest BCUT2D eigenvalue weighted by molar-refractivity contribution is 7.98.